The Morgan fingerprint density at radius 3 is 1.36 bits per heavy atom. The van der Waals surface area contributed by atoms with Gasteiger partial charge in [-0.05, 0) is 0 Å². The van der Waals surface area contributed by atoms with Crippen molar-refractivity contribution in [2.24, 2.45) is 0 Å². The number of benzene rings is 2. The fourth-order valence-corrected chi connectivity index (χ4v) is 2.57. The largest absolute Gasteiger partial charge is 0.277 e. The second kappa shape index (κ2) is 10.3. The molecule has 2 N–H and O–H groups in total. The van der Waals surface area contributed by atoms with Crippen molar-refractivity contribution in [1.82, 2.24) is 20.9 Å². The summed E-state index contributed by atoms with van der Waals surface area (Å²) in [5, 5.41) is 2.85. The van der Waals surface area contributed by atoms with Gasteiger partial charge in [0.05, 0.1) is 0 Å². The van der Waals surface area contributed by atoms with Gasteiger partial charge >= 0.3 is 0 Å². The number of hydrogen-bond acceptors (Lipinski definition) is 4. The van der Waals surface area contributed by atoms with E-state index in [0.717, 1.165) is 23.3 Å². The van der Waals surface area contributed by atoms with Gasteiger partial charge in [0, 0.05) is 37.4 Å². The number of carbonyl (C=O) groups excluding carboxylic acids is 2. The predicted octanol–water partition coefficient (Wildman–Crippen LogP) is 2.22. The molecule has 0 unspecified atom stereocenters. The van der Waals surface area contributed by atoms with Crippen molar-refractivity contribution in [2.45, 2.75) is 0 Å². The van der Waals surface area contributed by atoms with Crippen LogP contribution in [0.3, 0.4) is 0 Å². The molecule has 0 saturated carbocycles. The lowest BCUT2D eigenvalue weighted by Crippen LogP contribution is -2.43. The second-order valence-electron chi connectivity index (χ2n) is 5.75. The molecule has 6 nitrogen and oxygen atoms in total. The molecule has 0 aliphatic carbocycles. The van der Waals surface area contributed by atoms with Crippen molar-refractivity contribution >= 4 is 46.2 Å². The van der Waals surface area contributed by atoms with Crippen LogP contribution in [0.1, 0.15) is 11.1 Å². The standard InChI is InChI=1S/C20H20N4O2S2/c1-23(19(27)15-9-5-3-6-10-15)21-17(25)13-14-18(26)22-24(2)20(28)16-11-7-4-8-12-16/h3-14H,1-2H3,(H,21,25)(H,22,26). The van der Waals surface area contributed by atoms with E-state index in [0.29, 0.717) is 9.98 Å². The van der Waals surface area contributed by atoms with Crippen LogP contribution in [-0.2, 0) is 9.59 Å². The number of amides is 2. The van der Waals surface area contributed by atoms with Gasteiger partial charge in [-0.15, -0.1) is 0 Å². The molecule has 0 fully saturated rings. The number of thiocarbonyl (C=S) groups is 2. The number of rotatable bonds is 4. The number of nitrogens with one attached hydrogen (secondary N) is 2. The average Bonchev–Trinajstić information content (AvgIpc) is 2.72. The molecular weight excluding hydrogens is 392 g/mol. The van der Waals surface area contributed by atoms with Gasteiger partial charge in [-0.3, -0.25) is 30.5 Å². The Kier molecular flexibility index (Phi) is 7.79. The van der Waals surface area contributed by atoms with Crippen molar-refractivity contribution in [3.8, 4) is 0 Å². The topological polar surface area (TPSA) is 64.7 Å². The molecule has 2 rings (SSSR count). The van der Waals surface area contributed by atoms with Crippen molar-refractivity contribution in [3.63, 3.8) is 0 Å². The molecule has 8 heteroatoms. The molecule has 0 heterocycles. The van der Waals surface area contributed by atoms with Gasteiger partial charge < -0.3 is 0 Å². The first kappa shape index (κ1) is 21.2. The van der Waals surface area contributed by atoms with E-state index < -0.39 is 11.8 Å². The molecule has 0 aliphatic rings. The Morgan fingerprint density at radius 2 is 1.04 bits per heavy atom. The van der Waals surface area contributed by atoms with E-state index in [4.69, 9.17) is 24.4 Å². The highest BCUT2D eigenvalue weighted by molar-refractivity contribution is 7.80. The normalized spacial score (nSPS) is 10.2. The molecule has 2 aromatic rings. The van der Waals surface area contributed by atoms with E-state index in [1.807, 2.05) is 60.7 Å². The summed E-state index contributed by atoms with van der Waals surface area (Å²) < 4.78 is 0. The molecule has 0 spiro atoms. The molecule has 0 radical (unpaired) electrons. The second-order valence-corrected chi connectivity index (χ2v) is 6.52. The van der Waals surface area contributed by atoms with Crippen LogP contribution in [0.5, 0.6) is 0 Å². The molecule has 2 aromatic carbocycles. The number of carbonyl (C=O) groups is 2. The Balaban J connectivity index is 1.85. The number of hydrogen-bond donors (Lipinski definition) is 2. The molecule has 0 bridgehead atoms. The van der Waals surface area contributed by atoms with Crippen LogP contribution in [0, 0.1) is 0 Å². The molecule has 2 amide bonds. The van der Waals surface area contributed by atoms with E-state index in [2.05, 4.69) is 10.9 Å². The summed E-state index contributed by atoms with van der Waals surface area (Å²) in [5.41, 5.74) is 6.77. The molecule has 144 valence electrons. The summed E-state index contributed by atoms with van der Waals surface area (Å²) in [6, 6.07) is 18.6. The summed E-state index contributed by atoms with van der Waals surface area (Å²) in [4.78, 5) is 24.9. The van der Waals surface area contributed by atoms with Gasteiger partial charge in [-0.1, -0.05) is 85.1 Å². The molecule has 28 heavy (non-hydrogen) atoms. The zero-order chi connectivity index (χ0) is 20.5. The van der Waals surface area contributed by atoms with Crippen LogP contribution in [0.25, 0.3) is 0 Å². The van der Waals surface area contributed by atoms with Crippen molar-refractivity contribution in [1.29, 1.82) is 0 Å². The first-order chi connectivity index (χ1) is 13.4. The lowest BCUT2D eigenvalue weighted by atomic mass is 10.2. The third kappa shape index (κ3) is 6.26. The first-order valence-electron chi connectivity index (χ1n) is 8.34. The average molecular weight is 413 g/mol. The van der Waals surface area contributed by atoms with Gasteiger partial charge in [-0.25, -0.2) is 0 Å². The van der Waals surface area contributed by atoms with Crippen LogP contribution in [0.2, 0.25) is 0 Å². The summed E-state index contributed by atoms with van der Waals surface area (Å²) in [6.07, 6.45) is 2.25. The lowest BCUT2D eigenvalue weighted by molar-refractivity contribution is -0.121. The maximum atomic E-state index is 12.0. The highest BCUT2D eigenvalue weighted by Crippen LogP contribution is 2.04. The minimum absolute atomic E-state index is 0.458. The minimum atomic E-state index is -0.482. The molecule has 0 atom stereocenters. The summed E-state index contributed by atoms with van der Waals surface area (Å²) in [6.45, 7) is 0. The van der Waals surface area contributed by atoms with Crippen molar-refractivity contribution < 1.29 is 9.59 Å². The highest BCUT2D eigenvalue weighted by atomic mass is 32.1. The third-order valence-electron chi connectivity index (χ3n) is 3.59. The van der Waals surface area contributed by atoms with Crippen LogP contribution in [-0.4, -0.2) is 45.9 Å². The maximum absolute atomic E-state index is 12.0. The Bertz CT molecular complexity index is 812. The quantitative estimate of drug-likeness (QED) is 0.456. The molecule has 0 saturated heterocycles. The lowest BCUT2D eigenvalue weighted by Gasteiger charge is -2.21. The highest BCUT2D eigenvalue weighted by Gasteiger charge is 2.10. The smallest absolute Gasteiger partial charge is 0.262 e. The van der Waals surface area contributed by atoms with Crippen LogP contribution < -0.4 is 10.9 Å². The Morgan fingerprint density at radius 1 is 0.714 bits per heavy atom. The molecule has 0 aliphatic heterocycles. The van der Waals surface area contributed by atoms with Crippen molar-refractivity contribution in [2.75, 3.05) is 14.1 Å². The van der Waals surface area contributed by atoms with E-state index in [9.17, 15) is 9.59 Å². The van der Waals surface area contributed by atoms with Gasteiger partial charge in [0.1, 0.15) is 9.98 Å². The fourth-order valence-electron chi connectivity index (χ4n) is 2.21. The maximum Gasteiger partial charge on any atom is 0.262 e. The predicted molar refractivity (Wildman–Crippen MR) is 117 cm³/mol. The Labute approximate surface area is 174 Å². The van der Waals surface area contributed by atoms with Crippen LogP contribution >= 0.6 is 24.4 Å². The van der Waals surface area contributed by atoms with Gasteiger partial charge in [0.25, 0.3) is 11.8 Å². The summed E-state index contributed by atoms with van der Waals surface area (Å²) in [7, 11) is 3.26. The number of nitrogens with zero attached hydrogens (tertiary/aromatic N) is 2. The van der Waals surface area contributed by atoms with Crippen molar-refractivity contribution in [3.05, 3.63) is 83.9 Å². The van der Waals surface area contributed by atoms with Gasteiger partial charge in [-0.2, -0.15) is 0 Å². The Hall–Kier alpha value is -3.10. The van der Waals surface area contributed by atoms with Crippen LogP contribution in [0.4, 0.5) is 0 Å². The van der Waals surface area contributed by atoms with E-state index in [1.165, 1.54) is 10.0 Å². The first-order valence-corrected chi connectivity index (χ1v) is 9.15. The zero-order valence-electron chi connectivity index (χ0n) is 15.5. The fraction of sp³-hybridized carbons (Fsp3) is 0.100. The molecular formula is C20H20N4O2S2. The zero-order valence-corrected chi connectivity index (χ0v) is 17.1. The SMILES string of the molecule is CN(NC(=O)C=CC(=O)NN(C)C(=S)c1ccccc1)C(=S)c1ccccc1. The van der Waals surface area contributed by atoms with Crippen LogP contribution in [0.15, 0.2) is 72.8 Å². The third-order valence-corrected chi connectivity index (χ3v) is 4.61. The van der Waals surface area contributed by atoms with E-state index >= 15 is 0 Å². The van der Waals surface area contributed by atoms with Gasteiger partial charge in [0.15, 0.2) is 0 Å². The number of hydrazine groups is 2. The van der Waals surface area contributed by atoms with Gasteiger partial charge in [0.2, 0.25) is 0 Å². The van der Waals surface area contributed by atoms with E-state index in [-0.39, 0.29) is 0 Å². The summed E-state index contributed by atoms with van der Waals surface area (Å²) >= 11 is 10.6. The molecule has 0 aromatic heterocycles. The van der Waals surface area contributed by atoms with E-state index in [1.54, 1.807) is 14.1 Å². The minimum Gasteiger partial charge on any atom is -0.277 e. The monoisotopic (exact) mass is 412 g/mol. The summed E-state index contributed by atoms with van der Waals surface area (Å²) in [5.74, 6) is -0.964.